The van der Waals surface area contributed by atoms with Gasteiger partial charge in [0, 0.05) is 29.3 Å². The summed E-state index contributed by atoms with van der Waals surface area (Å²) < 4.78 is 6.02. The highest BCUT2D eigenvalue weighted by Crippen LogP contribution is 2.32. The van der Waals surface area contributed by atoms with Crippen molar-refractivity contribution in [2.45, 2.75) is 6.54 Å². The molecule has 0 amide bonds. The number of halogens is 1. The summed E-state index contributed by atoms with van der Waals surface area (Å²) in [5, 5.41) is 10.9. The number of benzene rings is 1. The Balaban J connectivity index is 2.29. The number of hydrogen-bond donors (Lipinski definition) is 1. The molecule has 0 radical (unpaired) electrons. The molecule has 2 N–H and O–H groups in total. The lowest BCUT2D eigenvalue weighted by molar-refractivity contribution is -0.385. The second-order valence-electron chi connectivity index (χ2n) is 3.68. The Morgan fingerprint density at radius 2 is 2.16 bits per heavy atom. The molecule has 0 aliphatic heterocycles. The molecule has 0 fully saturated rings. The Bertz CT molecular complexity index is 602. The van der Waals surface area contributed by atoms with Gasteiger partial charge in [-0.05, 0) is 17.7 Å². The second kappa shape index (κ2) is 5.77. The summed E-state index contributed by atoms with van der Waals surface area (Å²) in [5.74, 6) is 0.420. The largest absolute Gasteiger partial charge is 0.432 e. The minimum Gasteiger partial charge on any atom is -0.432 e. The predicted molar refractivity (Wildman–Crippen MR) is 73.0 cm³/mol. The highest BCUT2D eigenvalue weighted by Gasteiger charge is 2.16. The fourth-order valence-electron chi connectivity index (χ4n) is 1.42. The normalized spacial score (nSPS) is 10.2. The van der Waals surface area contributed by atoms with E-state index in [1.807, 2.05) is 0 Å². The molecule has 0 aliphatic rings. The van der Waals surface area contributed by atoms with Gasteiger partial charge in [-0.15, -0.1) is 0 Å². The Kier molecular flexibility index (Phi) is 4.08. The molecule has 0 atom stereocenters. The Hall–Kier alpha value is -1.99. The van der Waals surface area contributed by atoms with Crippen LogP contribution in [0.2, 0.25) is 0 Å². The van der Waals surface area contributed by atoms with Crippen molar-refractivity contribution in [2.24, 2.45) is 5.73 Å². The number of ether oxygens (including phenoxy) is 1. The topological polar surface area (TPSA) is 91.3 Å². The molecule has 2 rings (SSSR count). The number of pyridine rings is 1. The second-order valence-corrected chi connectivity index (χ2v) is 4.60. The zero-order valence-corrected chi connectivity index (χ0v) is 11.3. The first-order valence-electron chi connectivity index (χ1n) is 5.37. The molecule has 0 saturated heterocycles. The molecule has 0 bridgehead atoms. The van der Waals surface area contributed by atoms with Gasteiger partial charge in [0.25, 0.3) is 0 Å². The first-order valence-corrected chi connectivity index (χ1v) is 6.16. The average molecular weight is 324 g/mol. The van der Waals surface area contributed by atoms with Gasteiger partial charge < -0.3 is 10.5 Å². The molecule has 6 nitrogen and oxygen atoms in total. The molecule has 0 unspecified atom stereocenters. The van der Waals surface area contributed by atoms with E-state index in [-0.39, 0.29) is 17.3 Å². The maximum Gasteiger partial charge on any atom is 0.312 e. The Labute approximate surface area is 117 Å². The summed E-state index contributed by atoms with van der Waals surface area (Å²) in [5.41, 5.74) is 6.19. The summed E-state index contributed by atoms with van der Waals surface area (Å²) in [7, 11) is 0. The predicted octanol–water partition coefficient (Wildman–Crippen LogP) is 3.00. The fourth-order valence-corrected chi connectivity index (χ4v) is 1.77. The maximum absolute atomic E-state index is 10.9. The zero-order chi connectivity index (χ0) is 13.8. The average Bonchev–Trinajstić information content (AvgIpc) is 2.41. The van der Waals surface area contributed by atoms with Gasteiger partial charge in [-0.25, -0.2) is 4.98 Å². The van der Waals surface area contributed by atoms with Crippen LogP contribution in [0.3, 0.4) is 0 Å². The van der Waals surface area contributed by atoms with E-state index in [4.69, 9.17) is 10.5 Å². The van der Waals surface area contributed by atoms with Gasteiger partial charge in [-0.2, -0.15) is 0 Å². The van der Waals surface area contributed by atoms with E-state index in [1.54, 1.807) is 24.4 Å². The van der Waals surface area contributed by atoms with Crippen LogP contribution in [-0.4, -0.2) is 9.91 Å². The van der Waals surface area contributed by atoms with Crippen LogP contribution in [0.25, 0.3) is 0 Å². The van der Waals surface area contributed by atoms with Crippen molar-refractivity contribution >= 4 is 21.6 Å². The number of nitro benzene ring substituents is 1. The van der Waals surface area contributed by atoms with Crippen molar-refractivity contribution in [1.29, 1.82) is 0 Å². The van der Waals surface area contributed by atoms with Gasteiger partial charge in [-0.1, -0.05) is 22.0 Å². The van der Waals surface area contributed by atoms with Crippen LogP contribution >= 0.6 is 15.9 Å². The standard InChI is InChI=1S/C12H10BrN3O3/c13-9-2-3-11(10(5-9)16(17)18)19-12-4-1-8(6-14)7-15-12/h1-5,7H,6,14H2. The quantitative estimate of drug-likeness (QED) is 0.689. The van der Waals surface area contributed by atoms with Crippen molar-refractivity contribution < 1.29 is 9.66 Å². The van der Waals surface area contributed by atoms with Crippen molar-refractivity contribution in [3.05, 3.63) is 56.7 Å². The number of nitro groups is 1. The van der Waals surface area contributed by atoms with Crippen molar-refractivity contribution in [2.75, 3.05) is 0 Å². The summed E-state index contributed by atoms with van der Waals surface area (Å²) in [6, 6.07) is 7.93. The van der Waals surface area contributed by atoms with Crippen LogP contribution in [0, 0.1) is 10.1 Å². The maximum atomic E-state index is 10.9. The third-order valence-corrected chi connectivity index (χ3v) is 2.86. The monoisotopic (exact) mass is 323 g/mol. The highest BCUT2D eigenvalue weighted by atomic mass is 79.9. The van der Waals surface area contributed by atoms with Gasteiger partial charge in [0.15, 0.2) is 0 Å². The smallest absolute Gasteiger partial charge is 0.312 e. The summed E-state index contributed by atoms with van der Waals surface area (Å²) in [6.45, 7) is 0.381. The van der Waals surface area contributed by atoms with E-state index in [0.29, 0.717) is 11.0 Å². The van der Waals surface area contributed by atoms with Crippen LogP contribution in [0.4, 0.5) is 5.69 Å². The minimum atomic E-state index is -0.506. The summed E-state index contributed by atoms with van der Waals surface area (Å²) >= 11 is 3.18. The number of aromatic nitrogens is 1. The number of rotatable bonds is 4. The van der Waals surface area contributed by atoms with Crippen LogP contribution in [0.1, 0.15) is 5.56 Å². The molecule has 7 heteroatoms. The molecule has 0 spiro atoms. The van der Waals surface area contributed by atoms with Crippen LogP contribution in [0.15, 0.2) is 41.0 Å². The van der Waals surface area contributed by atoms with Crippen LogP contribution in [-0.2, 0) is 6.54 Å². The molecule has 19 heavy (non-hydrogen) atoms. The molecule has 0 saturated carbocycles. The Morgan fingerprint density at radius 3 is 2.74 bits per heavy atom. The number of nitrogens with zero attached hydrogens (tertiary/aromatic N) is 2. The summed E-state index contributed by atoms with van der Waals surface area (Å²) in [4.78, 5) is 14.5. The van der Waals surface area contributed by atoms with Crippen molar-refractivity contribution in [1.82, 2.24) is 4.98 Å². The van der Waals surface area contributed by atoms with Gasteiger partial charge in [0.2, 0.25) is 11.6 Å². The molecule has 1 aromatic heterocycles. The van der Waals surface area contributed by atoms with E-state index in [1.165, 1.54) is 12.1 Å². The summed E-state index contributed by atoms with van der Waals surface area (Å²) in [6.07, 6.45) is 1.57. The number of hydrogen-bond acceptors (Lipinski definition) is 5. The third kappa shape index (κ3) is 3.27. The molecular formula is C12H10BrN3O3. The van der Waals surface area contributed by atoms with E-state index in [2.05, 4.69) is 20.9 Å². The lowest BCUT2D eigenvalue weighted by Crippen LogP contribution is -1.98. The fraction of sp³-hybridized carbons (Fsp3) is 0.0833. The molecule has 1 heterocycles. The first kappa shape index (κ1) is 13.4. The van der Waals surface area contributed by atoms with Crippen molar-refractivity contribution in [3.8, 4) is 11.6 Å². The Morgan fingerprint density at radius 1 is 1.37 bits per heavy atom. The first-order chi connectivity index (χ1) is 9.10. The van der Waals surface area contributed by atoms with Gasteiger partial charge in [0.1, 0.15) is 0 Å². The van der Waals surface area contributed by atoms with Crippen LogP contribution in [0.5, 0.6) is 11.6 Å². The van der Waals surface area contributed by atoms with E-state index in [0.717, 1.165) is 5.56 Å². The van der Waals surface area contributed by atoms with Crippen LogP contribution < -0.4 is 10.5 Å². The lowest BCUT2D eigenvalue weighted by Gasteiger charge is -2.06. The van der Waals surface area contributed by atoms with E-state index >= 15 is 0 Å². The minimum absolute atomic E-state index is 0.126. The molecular weight excluding hydrogens is 314 g/mol. The zero-order valence-electron chi connectivity index (χ0n) is 9.75. The third-order valence-electron chi connectivity index (χ3n) is 2.37. The number of nitrogens with two attached hydrogens (primary N) is 1. The lowest BCUT2D eigenvalue weighted by atomic mass is 10.3. The highest BCUT2D eigenvalue weighted by molar-refractivity contribution is 9.10. The van der Waals surface area contributed by atoms with Gasteiger partial charge in [-0.3, -0.25) is 10.1 Å². The van der Waals surface area contributed by atoms with Crippen molar-refractivity contribution in [3.63, 3.8) is 0 Å². The van der Waals surface area contributed by atoms with Gasteiger partial charge >= 0.3 is 5.69 Å². The molecule has 2 aromatic rings. The SMILES string of the molecule is NCc1ccc(Oc2ccc(Br)cc2[N+](=O)[O-])nc1. The molecule has 0 aliphatic carbocycles. The van der Waals surface area contributed by atoms with E-state index < -0.39 is 4.92 Å². The van der Waals surface area contributed by atoms with Gasteiger partial charge in [0.05, 0.1) is 4.92 Å². The van der Waals surface area contributed by atoms with E-state index in [9.17, 15) is 10.1 Å². The molecule has 1 aromatic carbocycles. The molecule has 98 valence electrons.